The number of hydrogen-bond donors (Lipinski definition) is 2. The lowest BCUT2D eigenvalue weighted by atomic mass is 10.0. The van der Waals surface area contributed by atoms with Crippen molar-refractivity contribution in [2.75, 3.05) is 49.8 Å². The minimum Gasteiger partial charge on any atom is -0.355 e. The molecule has 9 heteroatoms. The van der Waals surface area contributed by atoms with Crippen molar-refractivity contribution in [3.05, 3.63) is 29.8 Å². The molecule has 0 spiro atoms. The van der Waals surface area contributed by atoms with Gasteiger partial charge in [0.15, 0.2) is 5.96 Å². The molecule has 0 aromatic heterocycles. The molecule has 0 saturated carbocycles. The van der Waals surface area contributed by atoms with Crippen LogP contribution >= 0.6 is 24.0 Å². The summed E-state index contributed by atoms with van der Waals surface area (Å²) in [4.78, 5) is 6.79. The summed E-state index contributed by atoms with van der Waals surface area (Å²) in [7, 11) is -1.63. The average Bonchev–Trinajstić information content (AvgIpc) is 3.18. The van der Waals surface area contributed by atoms with Gasteiger partial charge in [0.1, 0.15) is 0 Å². The van der Waals surface area contributed by atoms with E-state index < -0.39 is 10.0 Å². The lowest BCUT2D eigenvalue weighted by Gasteiger charge is -2.35. The van der Waals surface area contributed by atoms with Crippen LogP contribution in [0, 0.1) is 0 Å². The molecule has 2 aliphatic rings. The van der Waals surface area contributed by atoms with Gasteiger partial charge in [-0.2, -0.15) is 0 Å². The van der Waals surface area contributed by atoms with E-state index in [1.807, 2.05) is 24.3 Å². The zero-order chi connectivity index (χ0) is 20.7. The number of nitrogens with zero attached hydrogens (tertiary/aromatic N) is 3. The molecular formula is C21H36IN5O2S. The van der Waals surface area contributed by atoms with Gasteiger partial charge in [0.25, 0.3) is 0 Å². The number of benzene rings is 1. The smallest absolute Gasteiger partial charge is 0.236 e. The summed E-state index contributed by atoms with van der Waals surface area (Å²) in [5, 5.41) is 6.47. The third-order valence-electron chi connectivity index (χ3n) is 5.97. The van der Waals surface area contributed by atoms with E-state index in [1.165, 1.54) is 32.2 Å². The fourth-order valence-corrected chi connectivity index (χ4v) is 5.79. The van der Waals surface area contributed by atoms with Gasteiger partial charge in [-0.05, 0) is 43.9 Å². The number of para-hydroxylation sites is 1. The number of aliphatic imine (C=N–C) groups is 1. The highest BCUT2D eigenvalue weighted by atomic mass is 127. The highest BCUT2D eigenvalue weighted by molar-refractivity contribution is 14.0. The van der Waals surface area contributed by atoms with E-state index in [1.54, 1.807) is 11.4 Å². The summed E-state index contributed by atoms with van der Waals surface area (Å²) in [6.07, 6.45) is 5.88. The largest absolute Gasteiger partial charge is 0.355 e. The molecule has 1 unspecified atom stereocenters. The average molecular weight is 550 g/mol. The van der Waals surface area contributed by atoms with Crippen molar-refractivity contribution in [3.63, 3.8) is 0 Å². The molecule has 30 heavy (non-hydrogen) atoms. The van der Waals surface area contributed by atoms with Crippen LogP contribution in [0.5, 0.6) is 0 Å². The molecule has 0 radical (unpaired) electrons. The highest BCUT2D eigenvalue weighted by Crippen LogP contribution is 2.29. The van der Waals surface area contributed by atoms with Crippen LogP contribution in [-0.4, -0.2) is 70.8 Å². The van der Waals surface area contributed by atoms with Crippen molar-refractivity contribution in [1.82, 2.24) is 15.5 Å². The van der Waals surface area contributed by atoms with Crippen LogP contribution in [0.15, 0.2) is 29.3 Å². The van der Waals surface area contributed by atoms with E-state index in [2.05, 4.69) is 27.4 Å². The number of rotatable bonds is 8. The summed E-state index contributed by atoms with van der Waals surface area (Å²) >= 11 is 0. The normalized spacial score (nSPS) is 19.9. The number of hydrogen-bond acceptors (Lipinski definition) is 4. The van der Waals surface area contributed by atoms with E-state index >= 15 is 0 Å². The summed E-state index contributed by atoms with van der Waals surface area (Å²) in [5.74, 6) is 0.707. The van der Waals surface area contributed by atoms with Crippen LogP contribution in [0.2, 0.25) is 0 Å². The number of guanidine groups is 1. The number of sulfonamides is 1. The first-order valence-electron chi connectivity index (χ1n) is 10.8. The molecule has 1 aromatic carbocycles. The fraction of sp³-hybridized carbons (Fsp3) is 0.667. The summed E-state index contributed by atoms with van der Waals surface area (Å²) in [5.41, 5.74) is 1.92. The van der Waals surface area contributed by atoms with E-state index in [-0.39, 0.29) is 29.7 Å². The van der Waals surface area contributed by atoms with Crippen molar-refractivity contribution in [2.45, 2.75) is 45.1 Å². The SMILES string of the molecule is CCC1CCCCN1CCNC(=NC)NCCS(=O)(=O)N1CCc2ccccc21.I. The Morgan fingerprint density at radius 2 is 1.93 bits per heavy atom. The zero-order valence-electron chi connectivity index (χ0n) is 18.1. The zero-order valence-corrected chi connectivity index (χ0v) is 21.3. The third kappa shape index (κ3) is 6.46. The monoisotopic (exact) mass is 549 g/mol. The fourth-order valence-electron chi connectivity index (χ4n) is 4.36. The second-order valence-electron chi connectivity index (χ2n) is 7.79. The lowest BCUT2D eigenvalue weighted by Crippen LogP contribution is -2.46. The van der Waals surface area contributed by atoms with Gasteiger partial charge in [-0.15, -0.1) is 24.0 Å². The Balaban J connectivity index is 0.00000320. The maximum atomic E-state index is 12.8. The first-order valence-corrected chi connectivity index (χ1v) is 12.4. The van der Waals surface area contributed by atoms with E-state index in [4.69, 9.17) is 0 Å². The second-order valence-corrected chi connectivity index (χ2v) is 9.80. The van der Waals surface area contributed by atoms with Gasteiger partial charge >= 0.3 is 0 Å². The topological polar surface area (TPSA) is 77.0 Å². The molecule has 1 saturated heterocycles. The van der Waals surface area contributed by atoms with Gasteiger partial charge in [-0.1, -0.05) is 31.5 Å². The minimum absolute atomic E-state index is 0. The van der Waals surface area contributed by atoms with Gasteiger partial charge < -0.3 is 10.6 Å². The van der Waals surface area contributed by atoms with Crippen LogP contribution in [0.25, 0.3) is 0 Å². The first kappa shape index (κ1) is 25.2. The van der Waals surface area contributed by atoms with Gasteiger partial charge in [0.05, 0.1) is 11.4 Å². The molecule has 0 amide bonds. The molecule has 7 nitrogen and oxygen atoms in total. The van der Waals surface area contributed by atoms with Crippen LogP contribution in [0.3, 0.4) is 0 Å². The van der Waals surface area contributed by atoms with Gasteiger partial charge in [0, 0.05) is 39.3 Å². The molecule has 1 aromatic rings. The molecule has 2 N–H and O–H groups in total. The molecule has 3 rings (SSSR count). The van der Waals surface area contributed by atoms with Gasteiger partial charge in [-0.25, -0.2) is 8.42 Å². The summed E-state index contributed by atoms with van der Waals surface area (Å²) in [6, 6.07) is 8.42. The molecule has 2 aliphatic heterocycles. The van der Waals surface area contributed by atoms with Crippen LogP contribution < -0.4 is 14.9 Å². The summed E-state index contributed by atoms with van der Waals surface area (Å²) in [6.45, 7) is 6.09. The Kier molecular flexibility index (Phi) is 10.2. The highest BCUT2D eigenvalue weighted by Gasteiger charge is 2.28. The lowest BCUT2D eigenvalue weighted by molar-refractivity contribution is 0.147. The Hall–Kier alpha value is -1.07. The van der Waals surface area contributed by atoms with Gasteiger partial charge in [-0.3, -0.25) is 14.2 Å². The standard InChI is InChI=1S/C21H35N5O2S.HI/c1-3-19-9-6-7-14-25(19)16-12-23-21(22-2)24-13-17-29(27,28)26-15-11-18-8-4-5-10-20(18)26;/h4-5,8,10,19H,3,6-7,9,11-17H2,1-2H3,(H2,22,23,24);1H. The second kappa shape index (κ2) is 12.1. The predicted molar refractivity (Wildman–Crippen MR) is 136 cm³/mol. The van der Waals surface area contributed by atoms with E-state index in [0.717, 1.165) is 30.8 Å². The molecule has 1 atom stereocenters. The minimum atomic E-state index is -3.35. The van der Waals surface area contributed by atoms with Crippen molar-refractivity contribution in [2.24, 2.45) is 4.99 Å². The molecular weight excluding hydrogens is 513 g/mol. The number of piperidine rings is 1. The van der Waals surface area contributed by atoms with Crippen molar-refractivity contribution in [1.29, 1.82) is 0 Å². The molecule has 170 valence electrons. The van der Waals surface area contributed by atoms with Crippen LogP contribution in [-0.2, 0) is 16.4 Å². The third-order valence-corrected chi connectivity index (χ3v) is 7.74. The number of nitrogens with one attached hydrogen (secondary N) is 2. The van der Waals surface area contributed by atoms with Crippen LogP contribution in [0.1, 0.15) is 38.2 Å². The quantitative estimate of drug-likeness (QED) is 0.296. The number of halogens is 1. The Morgan fingerprint density at radius 1 is 1.17 bits per heavy atom. The van der Waals surface area contributed by atoms with Crippen LogP contribution in [0.4, 0.5) is 5.69 Å². The first-order chi connectivity index (χ1) is 14.0. The maximum absolute atomic E-state index is 12.8. The summed E-state index contributed by atoms with van der Waals surface area (Å²) < 4.78 is 27.1. The van der Waals surface area contributed by atoms with E-state index in [0.29, 0.717) is 25.1 Å². The molecule has 1 fully saturated rings. The number of likely N-dealkylation sites (tertiary alicyclic amines) is 1. The Bertz CT molecular complexity index is 802. The number of anilines is 1. The molecule has 0 aliphatic carbocycles. The van der Waals surface area contributed by atoms with Crippen molar-refractivity contribution in [3.8, 4) is 0 Å². The number of fused-ring (bicyclic) bond motifs is 1. The maximum Gasteiger partial charge on any atom is 0.236 e. The molecule has 0 bridgehead atoms. The van der Waals surface area contributed by atoms with Crippen molar-refractivity contribution < 1.29 is 8.42 Å². The molecule has 2 heterocycles. The van der Waals surface area contributed by atoms with E-state index in [9.17, 15) is 8.42 Å². The Labute approximate surface area is 198 Å². The predicted octanol–water partition coefficient (Wildman–Crippen LogP) is 2.43. The van der Waals surface area contributed by atoms with Gasteiger partial charge in [0.2, 0.25) is 10.0 Å². The van der Waals surface area contributed by atoms with Crippen molar-refractivity contribution >= 4 is 45.6 Å². The Morgan fingerprint density at radius 3 is 2.70 bits per heavy atom.